The second kappa shape index (κ2) is 7.24. The van der Waals surface area contributed by atoms with Crippen LogP contribution in [0, 0.1) is 0 Å². The second-order valence-corrected chi connectivity index (χ2v) is 5.77. The number of aryl methyl sites for hydroxylation is 1. The number of rotatable bonds is 5. The molecule has 0 aliphatic heterocycles. The first kappa shape index (κ1) is 18.3. The third-order valence-corrected chi connectivity index (χ3v) is 3.47. The maximum atomic E-state index is 12.1. The summed E-state index contributed by atoms with van der Waals surface area (Å²) >= 11 is 0. The third kappa shape index (κ3) is 4.49. The van der Waals surface area contributed by atoms with Crippen molar-refractivity contribution in [2.45, 2.75) is 12.5 Å². The van der Waals surface area contributed by atoms with Crippen LogP contribution in [0.25, 0.3) is 0 Å². The van der Waals surface area contributed by atoms with E-state index < -0.39 is 29.6 Å². The number of carbonyl (C=O) groups excluding carboxylic acids is 2. The molecule has 0 fully saturated rings. The maximum absolute atomic E-state index is 12.1. The zero-order valence-electron chi connectivity index (χ0n) is 13.8. The van der Waals surface area contributed by atoms with Crippen molar-refractivity contribution >= 4 is 23.3 Å². The average Bonchev–Trinajstić information content (AvgIpc) is 2.58. The van der Waals surface area contributed by atoms with Crippen LogP contribution in [-0.2, 0) is 11.8 Å². The van der Waals surface area contributed by atoms with Crippen LogP contribution >= 0.6 is 0 Å². The Kier molecular flexibility index (Phi) is 5.30. The molecule has 25 heavy (non-hydrogen) atoms. The van der Waals surface area contributed by atoms with Crippen molar-refractivity contribution in [2.24, 2.45) is 12.8 Å². The number of nitrogens with two attached hydrogens (primary N) is 1. The molecule has 1 heterocycles. The van der Waals surface area contributed by atoms with Gasteiger partial charge in [-0.3, -0.25) is 9.59 Å². The Morgan fingerprint density at radius 2 is 1.88 bits per heavy atom. The standard InChI is InChI=1S/C16H19N5O4/c1-16(17,9-22)14(24)18-11-5-3-10(4-6-11)13(23)19-12-7-8-21(2)15(25)20-12/h3-8,22H,9,17H2,1-2H3,(H,18,24)(H,19,20,23,25)/t16-/m0/s1. The minimum Gasteiger partial charge on any atom is -0.394 e. The summed E-state index contributed by atoms with van der Waals surface area (Å²) in [5.41, 5.74) is 4.50. The molecule has 1 aromatic heterocycles. The number of anilines is 2. The Hall–Kier alpha value is -3.04. The van der Waals surface area contributed by atoms with Crippen molar-refractivity contribution in [3.63, 3.8) is 0 Å². The number of nitrogens with zero attached hydrogens (tertiary/aromatic N) is 2. The molecular formula is C16H19N5O4. The summed E-state index contributed by atoms with van der Waals surface area (Å²) < 4.78 is 1.28. The molecule has 0 unspecified atom stereocenters. The van der Waals surface area contributed by atoms with Crippen LogP contribution in [0.4, 0.5) is 11.5 Å². The van der Waals surface area contributed by atoms with Crippen molar-refractivity contribution in [1.29, 1.82) is 0 Å². The molecule has 2 amide bonds. The largest absolute Gasteiger partial charge is 0.394 e. The van der Waals surface area contributed by atoms with Gasteiger partial charge in [0.05, 0.1) is 6.61 Å². The van der Waals surface area contributed by atoms with Gasteiger partial charge in [-0.1, -0.05) is 0 Å². The molecule has 9 heteroatoms. The van der Waals surface area contributed by atoms with Crippen LogP contribution in [0.2, 0.25) is 0 Å². The topological polar surface area (TPSA) is 139 Å². The van der Waals surface area contributed by atoms with E-state index in [0.717, 1.165) is 0 Å². The second-order valence-electron chi connectivity index (χ2n) is 5.77. The lowest BCUT2D eigenvalue weighted by molar-refractivity contribution is -0.121. The number of nitrogens with one attached hydrogen (secondary N) is 2. The highest BCUT2D eigenvalue weighted by Gasteiger charge is 2.27. The normalized spacial score (nSPS) is 13.0. The zero-order chi connectivity index (χ0) is 18.6. The maximum Gasteiger partial charge on any atom is 0.349 e. The lowest BCUT2D eigenvalue weighted by Crippen LogP contribution is -2.51. The molecule has 132 valence electrons. The number of aliphatic hydroxyl groups is 1. The van der Waals surface area contributed by atoms with E-state index in [1.54, 1.807) is 7.05 Å². The smallest absolute Gasteiger partial charge is 0.349 e. The van der Waals surface area contributed by atoms with Crippen molar-refractivity contribution in [3.8, 4) is 0 Å². The summed E-state index contributed by atoms with van der Waals surface area (Å²) in [6.07, 6.45) is 1.49. The average molecular weight is 345 g/mol. The molecule has 0 bridgehead atoms. The summed E-state index contributed by atoms with van der Waals surface area (Å²) in [6, 6.07) is 7.55. The van der Waals surface area contributed by atoms with Crippen molar-refractivity contribution in [1.82, 2.24) is 9.55 Å². The molecule has 0 aliphatic rings. The summed E-state index contributed by atoms with van der Waals surface area (Å²) in [7, 11) is 1.55. The molecular weight excluding hydrogens is 326 g/mol. The van der Waals surface area contributed by atoms with E-state index >= 15 is 0 Å². The number of aromatic nitrogens is 2. The first-order valence-electron chi connectivity index (χ1n) is 7.39. The molecule has 1 atom stereocenters. The summed E-state index contributed by atoms with van der Waals surface area (Å²) in [4.78, 5) is 39.2. The molecule has 2 aromatic rings. The van der Waals surface area contributed by atoms with Gasteiger partial charge in [0, 0.05) is 24.5 Å². The Morgan fingerprint density at radius 1 is 1.24 bits per heavy atom. The molecule has 5 N–H and O–H groups in total. The quantitative estimate of drug-likeness (QED) is 0.586. The predicted octanol–water partition coefficient (Wildman–Crippen LogP) is -0.319. The molecule has 1 aromatic carbocycles. The molecule has 0 spiro atoms. The van der Waals surface area contributed by atoms with Crippen LogP contribution in [0.3, 0.4) is 0 Å². The van der Waals surface area contributed by atoms with E-state index in [0.29, 0.717) is 11.3 Å². The molecule has 0 saturated carbocycles. The highest BCUT2D eigenvalue weighted by Crippen LogP contribution is 2.13. The first-order valence-corrected chi connectivity index (χ1v) is 7.39. The van der Waals surface area contributed by atoms with Crippen LogP contribution in [0.1, 0.15) is 17.3 Å². The number of aliphatic hydroxyl groups excluding tert-OH is 1. The molecule has 0 aliphatic carbocycles. The van der Waals surface area contributed by atoms with Gasteiger partial charge in [-0.25, -0.2) is 4.79 Å². The SMILES string of the molecule is Cn1ccc(NC(=O)c2ccc(NC(=O)[C@@](C)(N)CO)cc2)nc1=O. The summed E-state index contributed by atoms with van der Waals surface area (Å²) in [5.74, 6) is -0.846. The molecule has 0 radical (unpaired) electrons. The summed E-state index contributed by atoms with van der Waals surface area (Å²) in [6.45, 7) is 0.907. The molecule has 0 saturated heterocycles. The summed E-state index contributed by atoms with van der Waals surface area (Å²) in [5, 5.41) is 14.1. The Morgan fingerprint density at radius 3 is 2.44 bits per heavy atom. The van der Waals surface area contributed by atoms with Gasteiger partial charge in [0.1, 0.15) is 11.4 Å². The fourth-order valence-electron chi connectivity index (χ4n) is 1.77. The zero-order valence-corrected chi connectivity index (χ0v) is 13.8. The molecule has 9 nitrogen and oxygen atoms in total. The van der Waals surface area contributed by atoms with Crippen LogP contribution in [0.15, 0.2) is 41.3 Å². The van der Waals surface area contributed by atoms with Gasteiger partial charge in [-0.2, -0.15) is 4.98 Å². The minimum absolute atomic E-state index is 0.146. The third-order valence-electron chi connectivity index (χ3n) is 3.47. The number of hydrogen-bond donors (Lipinski definition) is 4. The van der Waals surface area contributed by atoms with E-state index in [-0.39, 0.29) is 5.82 Å². The van der Waals surface area contributed by atoms with Crippen molar-refractivity contribution in [3.05, 3.63) is 52.6 Å². The van der Waals surface area contributed by atoms with E-state index in [4.69, 9.17) is 10.8 Å². The lowest BCUT2D eigenvalue weighted by atomic mass is 10.0. The predicted molar refractivity (Wildman–Crippen MR) is 92.2 cm³/mol. The Bertz CT molecular complexity index is 842. The molecule has 2 rings (SSSR count). The van der Waals surface area contributed by atoms with Crippen molar-refractivity contribution < 1.29 is 14.7 Å². The van der Waals surface area contributed by atoms with Gasteiger partial charge in [-0.15, -0.1) is 0 Å². The highest BCUT2D eigenvalue weighted by molar-refractivity contribution is 6.04. The monoisotopic (exact) mass is 345 g/mol. The Balaban J connectivity index is 2.06. The van der Waals surface area contributed by atoms with Gasteiger partial charge in [0.25, 0.3) is 5.91 Å². The van der Waals surface area contributed by atoms with Crippen molar-refractivity contribution in [2.75, 3.05) is 17.2 Å². The van der Waals surface area contributed by atoms with E-state index in [1.807, 2.05) is 0 Å². The van der Waals surface area contributed by atoms with Gasteiger partial charge >= 0.3 is 5.69 Å². The van der Waals surface area contributed by atoms with Gasteiger partial charge in [0.2, 0.25) is 5.91 Å². The van der Waals surface area contributed by atoms with Crippen LogP contribution in [-0.4, -0.2) is 38.6 Å². The number of carbonyl (C=O) groups is 2. The van der Waals surface area contributed by atoms with Crippen LogP contribution in [0.5, 0.6) is 0 Å². The number of amides is 2. The van der Waals surface area contributed by atoms with E-state index in [9.17, 15) is 14.4 Å². The first-order chi connectivity index (χ1) is 11.7. The van der Waals surface area contributed by atoms with Gasteiger partial charge in [0.15, 0.2) is 0 Å². The Labute approximate surface area is 143 Å². The van der Waals surface area contributed by atoms with Gasteiger partial charge in [-0.05, 0) is 37.3 Å². The van der Waals surface area contributed by atoms with Crippen LogP contribution < -0.4 is 22.1 Å². The van der Waals surface area contributed by atoms with E-state index in [1.165, 1.54) is 48.0 Å². The van der Waals surface area contributed by atoms with Gasteiger partial charge < -0.3 is 26.0 Å². The minimum atomic E-state index is -1.40. The fraction of sp³-hybridized carbons (Fsp3) is 0.250. The highest BCUT2D eigenvalue weighted by atomic mass is 16.3. The number of hydrogen-bond acceptors (Lipinski definition) is 6. The lowest BCUT2D eigenvalue weighted by Gasteiger charge is -2.20. The van der Waals surface area contributed by atoms with E-state index in [2.05, 4.69) is 15.6 Å². The number of benzene rings is 1. The fourth-order valence-corrected chi connectivity index (χ4v) is 1.77.